The summed E-state index contributed by atoms with van der Waals surface area (Å²) >= 11 is 1.82. The van der Waals surface area contributed by atoms with Crippen LogP contribution in [0.3, 0.4) is 0 Å². The Morgan fingerprint density at radius 1 is 1.09 bits per heavy atom. The maximum Gasteiger partial charge on any atom is 0.171 e. The predicted octanol–water partition coefficient (Wildman–Crippen LogP) is 4.07. The Balaban J connectivity index is 1.64. The van der Waals surface area contributed by atoms with E-state index in [0.717, 1.165) is 28.7 Å². The molecule has 0 saturated carbocycles. The van der Waals surface area contributed by atoms with E-state index in [9.17, 15) is 0 Å². The van der Waals surface area contributed by atoms with Crippen LogP contribution in [0.2, 0.25) is 0 Å². The Labute approximate surface area is 133 Å². The molecule has 3 aromatic rings. The zero-order valence-corrected chi connectivity index (χ0v) is 13.0. The fourth-order valence-corrected chi connectivity index (χ4v) is 3.68. The van der Waals surface area contributed by atoms with Crippen LogP contribution in [0.15, 0.2) is 54.6 Å². The molecule has 0 fully saturated rings. The Hall–Kier alpha value is -2.27. The van der Waals surface area contributed by atoms with Crippen molar-refractivity contribution >= 4 is 17.4 Å². The summed E-state index contributed by atoms with van der Waals surface area (Å²) in [5, 5.41) is 8.13. The van der Waals surface area contributed by atoms with E-state index in [1.807, 2.05) is 41.6 Å². The number of rotatable bonds is 3. The van der Waals surface area contributed by atoms with Gasteiger partial charge in [-0.3, -0.25) is 0 Å². The fraction of sp³-hybridized carbons (Fsp3) is 0.176. The summed E-state index contributed by atoms with van der Waals surface area (Å²) in [7, 11) is 0. The van der Waals surface area contributed by atoms with Gasteiger partial charge in [0, 0.05) is 17.0 Å². The van der Waals surface area contributed by atoms with E-state index in [0.29, 0.717) is 0 Å². The van der Waals surface area contributed by atoms with Gasteiger partial charge in [0.2, 0.25) is 0 Å². The Morgan fingerprint density at radius 2 is 1.86 bits per heavy atom. The number of hydrogen-bond acceptors (Lipinski definition) is 4. The minimum absolute atomic E-state index is 0.0614. The van der Waals surface area contributed by atoms with E-state index in [4.69, 9.17) is 0 Å². The zero-order valence-electron chi connectivity index (χ0n) is 12.2. The highest BCUT2D eigenvalue weighted by molar-refractivity contribution is 7.98. The second-order valence-corrected chi connectivity index (χ2v) is 6.33. The molecule has 1 atom stereocenters. The molecule has 2 heterocycles. The number of hydrogen-bond donors (Lipinski definition) is 1. The third kappa shape index (κ3) is 2.37. The van der Waals surface area contributed by atoms with E-state index < -0.39 is 0 Å². The summed E-state index contributed by atoms with van der Waals surface area (Å²) in [6.45, 7) is 1.94. The molecule has 4 nitrogen and oxygen atoms in total. The molecule has 0 bridgehead atoms. The van der Waals surface area contributed by atoms with Gasteiger partial charge < -0.3 is 5.32 Å². The molecule has 0 spiro atoms. The molecule has 5 heteroatoms. The summed E-state index contributed by atoms with van der Waals surface area (Å²) in [6, 6.07) is 18.8. The second-order valence-electron chi connectivity index (χ2n) is 5.27. The highest BCUT2D eigenvalue weighted by atomic mass is 32.2. The molecule has 0 saturated heterocycles. The van der Waals surface area contributed by atoms with E-state index >= 15 is 0 Å². The van der Waals surface area contributed by atoms with Crippen molar-refractivity contribution in [2.45, 2.75) is 18.2 Å². The molecule has 1 aliphatic rings. The van der Waals surface area contributed by atoms with Crippen LogP contribution >= 0.6 is 11.8 Å². The summed E-state index contributed by atoms with van der Waals surface area (Å²) < 4.78 is 1.99. The van der Waals surface area contributed by atoms with Gasteiger partial charge in [-0.2, -0.15) is 5.10 Å². The fourth-order valence-electron chi connectivity index (χ4n) is 2.64. The van der Waals surface area contributed by atoms with Crippen LogP contribution in [0.25, 0.3) is 11.4 Å². The van der Waals surface area contributed by atoms with Crippen LogP contribution in [0.5, 0.6) is 0 Å². The van der Waals surface area contributed by atoms with Gasteiger partial charge >= 0.3 is 0 Å². The van der Waals surface area contributed by atoms with Crippen LogP contribution in [0, 0.1) is 6.92 Å². The standard InChI is InChI=1S/C17H16N4S/c1-12-18-16-14-9-5-6-10-15(14)19-17(21(16)20-12)22-11-13-7-3-2-4-8-13/h2-10,17,19H,11H2,1H3. The largest absolute Gasteiger partial charge is 0.355 e. The lowest BCUT2D eigenvalue weighted by atomic mass is 10.1. The monoisotopic (exact) mass is 308 g/mol. The van der Waals surface area contributed by atoms with Gasteiger partial charge in [-0.1, -0.05) is 42.5 Å². The molecule has 0 radical (unpaired) electrons. The predicted molar refractivity (Wildman–Crippen MR) is 90.6 cm³/mol. The van der Waals surface area contributed by atoms with E-state index in [-0.39, 0.29) is 5.50 Å². The molecular weight excluding hydrogens is 292 g/mol. The van der Waals surface area contributed by atoms with Crippen LogP contribution < -0.4 is 5.32 Å². The molecule has 1 unspecified atom stereocenters. The number of fused-ring (bicyclic) bond motifs is 3. The molecular formula is C17H16N4S. The maximum atomic E-state index is 4.60. The molecule has 1 aromatic heterocycles. The van der Waals surface area contributed by atoms with Gasteiger partial charge in [-0.25, -0.2) is 9.67 Å². The average Bonchev–Trinajstić information content (AvgIpc) is 2.95. The number of anilines is 1. The Kier molecular flexibility index (Phi) is 3.35. The number of para-hydroxylation sites is 1. The van der Waals surface area contributed by atoms with Crippen molar-refractivity contribution in [1.29, 1.82) is 0 Å². The molecule has 110 valence electrons. The van der Waals surface area contributed by atoms with Gasteiger partial charge in [-0.05, 0) is 24.6 Å². The average molecular weight is 308 g/mol. The van der Waals surface area contributed by atoms with Crippen LogP contribution in [0.1, 0.15) is 16.9 Å². The van der Waals surface area contributed by atoms with Gasteiger partial charge in [0.15, 0.2) is 11.3 Å². The maximum absolute atomic E-state index is 4.60. The summed E-state index contributed by atoms with van der Waals surface area (Å²) in [5.41, 5.74) is 3.60. The second kappa shape index (κ2) is 5.50. The van der Waals surface area contributed by atoms with Crippen molar-refractivity contribution in [3.63, 3.8) is 0 Å². The summed E-state index contributed by atoms with van der Waals surface area (Å²) in [5.74, 6) is 2.68. The van der Waals surface area contributed by atoms with Gasteiger partial charge in [0.1, 0.15) is 5.82 Å². The molecule has 1 N–H and O–H groups in total. The molecule has 4 rings (SSSR count). The Bertz CT molecular complexity index is 797. The van der Waals surface area contributed by atoms with Crippen molar-refractivity contribution in [3.8, 4) is 11.4 Å². The van der Waals surface area contributed by atoms with Crippen molar-refractivity contribution in [2.75, 3.05) is 5.32 Å². The van der Waals surface area contributed by atoms with Gasteiger partial charge in [0.25, 0.3) is 0 Å². The Morgan fingerprint density at radius 3 is 2.73 bits per heavy atom. The third-order valence-electron chi connectivity index (χ3n) is 3.66. The first-order valence-corrected chi connectivity index (χ1v) is 8.31. The van der Waals surface area contributed by atoms with Crippen molar-refractivity contribution in [2.24, 2.45) is 0 Å². The van der Waals surface area contributed by atoms with Crippen molar-refractivity contribution in [3.05, 3.63) is 66.0 Å². The minimum atomic E-state index is 0.0614. The van der Waals surface area contributed by atoms with Crippen molar-refractivity contribution in [1.82, 2.24) is 14.8 Å². The minimum Gasteiger partial charge on any atom is -0.355 e. The molecule has 1 aliphatic heterocycles. The highest BCUT2D eigenvalue weighted by Gasteiger charge is 2.26. The topological polar surface area (TPSA) is 42.7 Å². The number of benzene rings is 2. The number of thioether (sulfide) groups is 1. The summed E-state index contributed by atoms with van der Waals surface area (Å²) in [6.07, 6.45) is 0. The number of nitrogens with one attached hydrogen (secondary N) is 1. The van der Waals surface area contributed by atoms with Crippen molar-refractivity contribution < 1.29 is 0 Å². The normalized spacial score (nSPS) is 15.8. The van der Waals surface area contributed by atoms with E-state index in [2.05, 4.69) is 51.8 Å². The molecule has 0 amide bonds. The molecule has 0 aliphatic carbocycles. The quantitative estimate of drug-likeness (QED) is 0.792. The van der Waals surface area contributed by atoms with Crippen LogP contribution in [-0.4, -0.2) is 14.8 Å². The third-order valence-corrected chi connectivity index (χ3v) is 4.79. The SMILES string of the molecule is Cc1nc2n(n1)C(SCc1ccccc1)Nc1ccccc1-2. The first kappa shape index (κ1) is 13.4. The first-order valence-electron chi connectivity index (χ1n) is 7.26. The molecule has 2 aromatic carbocycles. The number of aromatic nitrogens is 3. The van der Waals surface area contributed by atoms with Crippen LogP contribution in [-0.2, 0) is 5.75 Å². The first-order chi connectivity index (χ1) is 10.8. The lowest BCUT2D eigenvalue weighted by molar-refractivity contribution is 0.644. The lowest BCUT2D eigenvalue weighted by Crippen LogP contribution is -2.22. The molecule has 22 heavy (non-hydrogen) atoms. The smallest absolute Gasteiger partial charge is 0.171 e. The summed E-state index contributed by atoms with van der Waals surface area (Å²) in [4.78, 5) is 4.60. The van der Waals surface area contributed by atoms with Crippen LogP contribution in [0.4, 0.5) is 5.69 Å². The number of aryl methyl sites for hydroxylation is 1. The number of nitrogens with zero attached hydrogens (tertiary/aromatic N) is 3. The van der Waals surface area contributed by atoms with E-state index in [1.54, 1.807) is 0 Å². The highest BCUT2D eigenvalue weighted by Crippen LogP contribution is 2.39. The van der Waals surface area contributed by atoms with Gasteiger partial charge in [0.05, 0.1) is 0 Å². The van der Waals surface area contributed by atoms with E-state index in [1.165, 1.54) is 5.56 Å². The van der Waals surface area contributed by atoms with Gasteiger partial charge in [-0.15, -0.1) is 11.8 Å². The zero-order chi connectivity index (χ0) is 14.9. The lowest BCUT2D eigenvalue weighted by Gasteiger charge is -2.27.